The van der Waals surface area contributed by atoms with Crippen LogP contribution < -0.4 is 4.74 Å². The lowest BCUT2D eigenvalue weighted by Gasteiger charge is -2.12. The van der Waals surface area contributed by atoms with E-state index in [-0.39, 0.29) is 18.1 Å². The fourth-order valence-corrected chi connectivity index (χ4v) is 1.21. The first-order chi connectivity index (χ1) is 6.61. The average Bonchev–Trinajstić information content (AvgIpc) is 2.18. The molecule has 0 saturated heterocycles. The van der Waals surface area contributed by atoms with Gasteiger partial charge in [-0.15, -0.1) is 0 Å². The molecular weight excluding hydrogens is 190 g/mol. The number of rotatable bonds is 3. The Bertz CT molecular complexity index is 326. The second-order valence-corrected chi connectivity index (χ2v) is 3.07. The summed E-state index contributed by atoms with van der Waals surface area (Å²) in [6.07, 6.45) is 0. The first-order valence-corrected chi connectivity index (χ1v) is 4.24. The molecule has 1 aromatic rings. The zero-order valence-corrected chi connectivity index (χ0v) is 8.05. The van der Waals surface area contributed by atoms with Crippen LogP contribution in [-0.4, -0.2) is 18.8 Å². The molecule has 0 fully saturated rings. The first-order valence-electron chi connectivity index (χ1n) is 4.24. The molecule has 0 amide bonds. The highest BCUT2D eigenvalue weighted by Crippen LogP contribution is 2.28. The van der Waals surface area contributed by atoms with Gasteiger partial charge < -0.3 is 9.84 Å². The van der Waals surface area contributed by atoms with Gasteiger partial charge in [0.05, 0.1) is 7.11 Å². The molecule has 0 spiro atoms. The summed E-state index contributed by atoms with van der Waals surface area (Å²) in [7, 11) is 1.20. The Hall–Kier alpha value is -1.16. The summed E-state index contributed by atoms with van der Waals surface area (Å²) < 4.78 is 31.0. The van der Waals surface area contributed by atoms with Gasteiger partial charge in [0, 0.05) is 12.5 Å². The quantitative estimate of drug-likeness (QED) is 0.813. The summed E-state index contributed by atoms with van der Waals surface area (Å²) in [6, 6.07) is 2.44. The molecule has 1 aromatic carbocycles. The number of hydrogen-bond donors (Lipinski definition) is 1. The van der Waals surface area contributed by atoms with Crippen LogP contribution in [0.25, 0.3) is 0 Å². The Morgan fingerprint density at radius 3 is 2.57 bits per heavy atom. The van der Waals surface area contributed by atoms with Gasteiger partial charge in [-0.3, -0.25) is 0 Å². The van der Waals surface area contributed by atoms with Crippen molar-refractivity contribution in [2.45, 2.75) is 12.8 Å². The van der Waals surface area contributed by atoms with Crippen molar-refractivity contribution in [2.75, 3.05) is 13.7 Å². The number of aliphatic hydroxyl groups is 1. The predicted molar refractivity (Wildman–Crippen MR) is 48.4 cm³/mol. The second-order valence-electron chi connectivity index (χ2n) is 3.07. The second kappa shape index (κ2) is 4.37. The molecule has 0 aliphatic carbocycles. The largest absolute Gasteiger partial charge is 0.491 e. The van der Waals surface area contributed by atoms with Gasteiger partial charge in [0.25, 0.3) is 0 Å². The molecule has 1 atom stereocenters. The van der Waals surface area contributed by atoms with Crippen molar-refractivity contribution in [3.05, 3.63) is 29.3 Å². The van der Waals surface area contributed by atoms with Crippen molar-refractivity contribution in [1.29, 1.82) is 0 Å². The third-order valence-corrected chi connectivity index (χ3v) is 2.09. The van der Waals surface area contributed by atoms with Gasteiger partial charge in [-0.1, -0.05) is 13.0 Å². The molecule has 0 aromatic heterocycles. The van der Waals surface area contributed by atoms with Crippen LogP contribution in [0.1, 0.15) is 18.4 Å². The number of halogens is 2. The van der Waals surface area contributed by atoms with Gasteiger partial charge in [0.15, 0.2) is 17.4 Å². The van der Waals surface area contributed by atoms with E-state index in [4.69, 9.17) is 5.11 Å². The molecule has 0 aliphatic rings. The van der Waals surface area contributed by atoms with E-state index in [2.05, 4.69) is 4.74 Å². The van der Waals surface area contributed by atoms with Crippen LogP contribution in [0.5, 0.6) is 5.75 Å². The SMILES string of the molecule is COc1c(F)ccc(C(C)CO)c1F. The summed E-state index contributed by atoms with van der Waals surface area (Å²) in [5, 5.41) is 8.84. The van der Waals surface area contributed by atoms with Crippen LogP contribution in [-0.2, 0) is 0 Å². The normalized spacial score (nSPS) is 12.6. The zero-order valence-electron chi connectivity index (χ0n) is 8.05. The van der Waals surface area contributed by atoms with E-state index in [1.54, 1.807) is 6.92 Å². The van der Waals surface area contributed by atoms with Gasteiger partial charge in [0.1, 0.15) is 0 Å². The minimum absolute atomic E-state index is 0.189. The van der Waals surface area contributed by atoms with Gasteiger partial charge in [0.2, 0.25) is 0 Å². The van der Waals surface area contributed by atoms with E-state index < -0.39 is 17.4 Å². The first kappa shape index (κ1) is 10.9. The molecule has 78 valence electrons. The maximum atomic E-state index is 13.5. The van der Waals surface area contributed by atoms with E-state index in [1.807, 2.05) is 0 Å². The summed E-state index contributed by atoms with van der Waals surface area (Å²) >= 11 is 0. The van der Waals surface area contributed by atoms with E-state index in [1.165, 1.54) is 13.2 Å². The number of ether oxygens (including phenoxy) is 1. The van der Waals surface area contributed by atoms with Crippen LogP contribution in [0.2, 0.25) is 0 Å². The Morgan fingerprint density at radius 2 is 2.07 bits per heavy atom. The molecule has 14 heavy (non-hydrogen) atoms. The van der Waals surface area contributed by atoms with Crippen LogP contribution in [0.4, 0.5) is 8.78 Å². The van der Waals surface area contributed by atoms with Crippen molar-refractivity contribution < 1.29 is 18.6 Å². The number of hydrogen-bond acceptors (Lipinski definition) is 2. The van der Waals surface area contributed by atoms with E-state index in [0.717, 1.165) is 6.07 Å². The Balaban J connectivity index is 3.21. The predicted octanol–water partition coefficient (Wildman–Crippen LogP) is 2.07. The molecule has 1 rings (SSSR count). The summed E-state index contributed by atoms with van der Waals surface area (Å²) in [5.74, 6) is -2.25. The molecule has 4 heteroatoms. The molecular formula is C10H12F2O2. The summed E-state index contributed by atoms with van der Waals surface area (Å²) in [6.45, 7) is 1.46. The third kappa shape index (κ3) is 1.85. The fourth-order valence-electron chi connectivity index (χ4n) is 1.21. The molecule has 0 bridgehead atoms. The minimum Gasteiger partial charge on any atom is -0.491 e. The van der Waals surface area contributed by atoms with Crippen molar-refractivity contribution in [1.82, 2.24) is 0 Å². The van der Waals surface area contributed by atoms with Gasteiger partial charge in [-0.25, -0.2) is 8.78 Å². The van der Waals surface area contributed by atoms with E-state index in [9.17, 15) is 8.78 Å². The van der Waals surface area contributed by atoms with Crippen molar-refractivity contribution in [3.8, 4) is 5.75 Å². The maximum absolute atomic E-state index is 13.5. The van der Waals surface area contributed by atoms with E-state index in [0.29, 0.717) is 0 Å². The molecule has 0 saturated carbocycles. The average molecular weight is 202 g/mol. The number of methoxy groups -OCH3 is 1. The Kier molecular flexibility index (Phi) is 3.41. The topological polar surface area (TPSA) is 29.5 Å². The summed E-state index contributed by atoms with van der Waals surface area (Å²) in [4.78, 5) is 0. The van der Waals surface area contributed by atoms with Crippen molar-refractivity contribution in [2.24, 2.45) is 0 Å². The molecule has 0 aliphatic heterocycles. The van der Waals surface area contributed by atoms with Crippen LogP contribution in [0.15, 0.2) is 12.1 Å². The fraction of sp³-hybridized carbons (Fsp3) is 0.400. The molecule has 0 heterocycles. The third-order valence-electron chi connectivity index (χ3n) is 2.09. The standard InChI is InChI=1S/C10H12F2O2/c1-6(5-13)7-3-4-8(11)10(14-2)9(7)12/h3-4,6,13H,5H2,1-2H3. The molecule has 0 radical (unpaired) electrons. The Labute approximate surface area is 81.1 Å². The van der Waals surface area contributed by atoms with Crippen LogP contribution in [0.3, 0.4) is 0 Å². The van der Waals surface area contributed by atoms with Crippen LogP contribution >= 0.6 is 0 Å². The van der Waals surface area contributed by atoms with Crippen molar-refractivity contribution >= 4 is 0 Å². The van der Waals surface area contributed by atoms with Gasteiger partial charge in [-0.05, 0) is 11.6 Å². The minimum atomic E-state index is -0.742. The highest BCUT2D eigenvalue weighted by molar-refractivity contribution is 5.34. The van der Waals surface area contributed by atoms with Gasteiger partial charge >= 0.3 is 0 Å². The molecule has 2 nitrogen and oxygen atoms in total. The van der Waals surface area contributed by atoms with Crippen LogP contribution in [0, 0.1) is 11.6 Å². The smallest absolute Gasteiger partial charge is 0.190 e. The molecule has 1 N–H and O–H groups in total. The lowest BCUT2D eigenvalue weighted by Crippen LogP contribution is -2.04. The lowest BCUT2D eigenvalue weighted by atomic mass is 10.0. The number of benzene rings is 1. The van der Waals surface area contributed by atoms with Gasteiger partial charge in [-0.2, -0.15) is 0 Å². The monoisotopic (exact) mass is 202 g/mol. The zero-order chi connectivity index (χ0) is 10.7. The maximum Gasteiger partial charge on any atom is 0.190 e. The Morgan fingerprint density at radius 1 is 1.43 bits per heavy atom. The molecule has 1 unspecified atom stereocenters. The van der Waals surface area contributed by atoms with Crippen molar-refractivity contribution in [3.63, 3.8) is 0 Å². The lowest BCUT2D eigenvalue weighted by molar-refractivity contribution is 0.268. The summed E-state index contributed by atoms with van der Waals surface area (Å²) in [5.41, 5.74) is 0.255. The highest BCUT2D eigenvalue weighted by atomic mass is 19.1. The highest BCUT2D eigenvalue weighted by Gasteiger charge is 2.17. The number of aliphatic hydroxyl groups excluding tert-OH is 1. The van der Waals surface area contributed by atoms with E-state index >= 15 is 0 Å².